The quantitative estimate of drug-likeness (QED) is 0.901. The summed E-state index contributed by atoms with van der Waals surface area (Å²) >= 11 is 0. The Morgan fingerprint density at radius 3 is 2.89 bits per heavy atom. The number of nitrogens with one attached hydrogen (secondary N) is 1. The zero-order valence-corrected chi connectivity index (χ0v) is 12.4. The number of benzene rings is 1. The summed E-state index contributed by atoms with van der Waals surface area (Å²) in [5, 5.41) is 3.61. The summed E-state index contributed by atoms with van der Waals surface area (Å²) < 4.78 is 5.42. The lowest BCUT2D eigenvalue weighted by molar-refractivity contribution is 0.233. The standard InChI is InChI=1S/C16H26N2O/c1-16(2)13-18(11-6-10-17-16)12-9-14-7-4-5-8-15(14)19-3/h4-5,7-8,17H,6,9-13H2,1-3H3. The number of ether oxygens (including phenoxy) is 1. The lowest BCUT2D eigenvalue weighted by atomic mass is 10.1. The summed E-state index contributed by atoms with van der Waals surface area (Å²) in [5.74, 6) is 1.01. The van der Waals surface area contributed by atoms with E-state index in [1.54, 1.807) is 7.11 Å². The highest BCUT2D eigenvalue weighted by molar-refractivity contribution is 5.33. The van der Waals surface area contributed by atoms with Crippen LogP contribution in [0.3, 0.4) is 0 Å². The number of rotatable bonds is 4. The maximum atomic E-state index is 5.42. The summed E-state index contributed by atoms with van der Waals surface area (Å²) in [6.07, 6.45) is 2.29. The Morgan fingerprint density at radius 1 is 1.32 bits per heavy atom. The lowest BCUT2D eigenvalue weighted by Gasteiger charge is -2.30. The first-order valence-corrected chi connectivity index (χ1v) is 7.20. The van der Waals surface area contributed by atoms with Gasteiger partial charge in [-0.05, 0) is 51.4 Å². The monoisotopic (exact) mass is 262 g/mol. The van der Waals surface area contributed by atoms with Gasteiger partial charge >= 0.3 is 0 Å². The third-order valence-corrected chi connectivity index (χ3v) is 3.76. The second-order valence-electron chi connectivity index (χ2n) is 6.00. The van der Waals surface area contributed by atoms with E-state index in [2.05, 4.69) is 36.2 Å². The maximum absolute atomic E-state index is 5.42. The van der Waals surface area contributed by atoms with Crippen molar-refractivity contribution < 1.29 is 4.74 Å². The SMILES string of the molecule is COc1ccccc1CCN1CCCNC(C)(C)C1. The van der Waals surface area contributed by atoms with Crippen molar-refractivity contribution in [2.45, 2.75) is 32.2 Å². The van der Waals surface area contributed by atoms with Crippen molar-refractivity contribution in [2.24, 2.45) is 0 Å². The zero-order chi connectivity index (χ0) is 13.7. The molecule has 2 rings (SSSR count). The number of hydrogen-bond acceptors (Lipinski definition) is 3. The van der Waals surface area contributed by atoms with Crippen LogP contribution >= 0.6 is 0 Å². The van der Waals surface area contributed by atoms with E-state index in [0.717, 1.165) is 31.8 Å². The average Bonchev–Trinajstić information content (AvgIpc) is 2.57. The zero-order valence-electron chi connectivity index (χ0n) is 12.4. The lowest BCUT2D eigenvalue weighted by Crippen LogP contribution is -2.46. The van der Waals surface area contributed by atoms with E-state index < -0.39 is 0 Å². The summed E-state index contributed by atoms with van der Waals surface area (Å²) in [6.45, 7) is 9.10. The molecule has 3 nitrogen and oxygen atoms in total. The number of nitrogens with zero attached hydrogens (tertiary/aromatic N) is 1. The van der Waals surface area contributed by atoms with E-state index in [4.69, 9.17) is 4.74 Å². The molecule has 19 heavy (non-hydrogen) atoms. The summed E-state index contributed by atoms with van der Waals surface area (Å²) in [6, 6.07) is 8.33. The molecule has 1 aliphatic rings. The molecule has 0 radical (unpaired) electrons. The van der Waals surface area contributed by atoms with Crippen molar-refractivity contribution in [3.63, 3.8) is 0 Å². The highest BCUT2D eigenvalue weighted by Crippen LogP contribution is 2.19. The molecule has 0 amide bonds. The first-order chi connectivity index (χ1) is 9.11. The van der Waals surface area contributed by atoms with Crippen LogP contribution in [0.2, 0.25) is 0 Å². The molecule has 106 valence electrons. The molecular weight excluding hydrogens is 236 g/mol. The molecule has 1 aliphatic heterocycles. The van der Waals surface area contributed by atoms with Crippen molar-refractivity contribution in [3.8, 4) is 5.75 Å². The van der Waals surface area contributed by atoms with Crippen LogP contribution in [0.4, 0.5) is 0 Å². The van der Waals surface area contributed by atoms with E-state index in [1.165, 1.54) is 18.5 Å². The highest BCUT2D eigenvalue weighted by atomic mass is 16.5. The van der Waals surface area contributed by atoms with Crippen molar-refractivity contribution in [1.29, 1.82) is 0 Å². The first kappa shape index (κ1) is 14.4. The van der Waals surface area contributed by atoms with Gasteiger partial charge in [-0.1, -0.05) is 18.2 Å². The van der Waals surface area contributed by atoms with E-state index in [0.29, 0.717) is 0 Å². The van der Waals surface area contributed by atoms with Gasteiger partial charge < -0.3 is 15.0 Å². The molecule has 1 N–H and O–H groups in total. The van der Waals surface area contributed by atoms with Crippen LogP contribution in [0.25, 0.3) is 0 Å². The fourth-order valence-electron chi connectivity index (χ4n) is 2.80. The van der Waals surface area contributed by atoms with Gasteiger partial charge in [0.1, 0.15) is 5.75 Å². The van der Waals surface area contributed by atoms with E-state index in [1.807, 2.05) is 12.1 Å². The fourth-order valence-corrected chi connectivity index (χ4v) is 2.80. The van der Waals surface area contributed by atoms with Gasteiger partial charge in [0.15, 0.2) is 0 Å². The van der Waals surface area contributed by atoms with Crippen LogP contribution in [0.1, 0.15) is 25.8 Å². The largest absolute Gasteiger partial charge is 0.496 e. The number of methoxy groups -OCH3 is 1. The molecule has 0 bridgehead atoms. The van der Waals surface area contributed by atoms with Crippen LogP contribution in [0.15, 0.2) is 24.3 Å². The number of para-hydroxylation sites is 1. The second kappa shape index (κ2) is 6.40. The summed E-state index contributed by atoms with van der Waals surface area (Å²) in [4.78, 5) is 2.56. The predicted octanol–water partition coefficient (Wildman–Crippen LogP) is 2.31. The minimum Gasteiger partial charge on any atom is -0.496 e. The van der Waals surface area contributed by atoms with Gasteiger partial charge in [0.25, 0.3) is 0 Å². The first-order valence-electron chi connectivity index (χ1n) is 7.20. The minimum absolute atomic E-state index is 0.220. The molecule has 3 heteroatoms. The normalized spacial score (nSPS) is 19.9. The minimum atomic E-state index is 0.220. The van der Waals surface area contributed by atoms with E-state index in [-0.39, 0.29) is 5.54 Å². The maximum Gasteiger partial charge on any atom is 0.122 e. The summed E-state index contributed by atoms with van der Waals surface area (Å²) in [5.41, 5.74) is 1.53. The van der Waals surface area contributed by atoms with Gasteiger partial charge in [-0.3, -0.25) is 0 Å². The Morgan fingerprint density at radius 2 is 2.11 bits per heavy atom. The Balaban J connectivity index is 1.94. The van der Waals surface area contributed by atoms with Gasteiger partial charge in [0.2, 0.25) is 0 Å². The third-order valence-electron chi connectivity index (χ3n) is 3.76. The molecule has 0 aromatic heterocycles. The van der Waals surface area contributed by atoms with Gasteiger partial charge in [-0.25, -0.2) is 0 Å². The van der Waals surface area contributed by atoms with Crippen molar-refractivity contribution in [2.75, 3.05) is 33.3 Å². The van der Waals surface area contributed by atoms with Gasteiger partial charge in [-0.2, -0.15) is 0 Å². The second-order valence-corrected chi connectivity index (χ2v) is 6.00. The van der Waals surface area contributed by atoms with Crippen LogP contribution in [-0.2, 0) is 6.42 Å². The Bertz CT molecular complexity index is 403. The fraction of sp³-hybridized carbons (Fsp3) is 0.625. The Hall–Kier alpha value is -1.06. The number of hydrogen-bond donors (Lipinski definition) is 1. The molecule has 0 aliphatic carbocycles. The summed E-state index contributed by atoms with van der Waals surface area (Å²) in [7, 11) is 1.75. The van der Waals surface area contributed by atoms with E-state index in [9.17, 15) is 0 Å². The third kappa shape index (κ3) is 4.22. The van der Waals surface area contributed by atoms with Crippen LogP contribution < -0.4 is 10.1 Å². The molecule has 0 unspecified atom stereocenters. The molecule has 1 aromatic carbocycles. The molecule has 1 aromatic rings. The predicted molar refractivity (Wildman–Crippen MR) is 79.8 cm³/mol. The van der Waals surface area contributed by atoms with Crippen LogP contribution in [-0.4, -0.2) is 43.7 Å². The molecule has 1 saturated heterocycles. The van der Waals surface area contributed by atoms with Crippen LogP contribution in [0.5, 0.6) is 5.75 Å². The van der Waals surface area contributed by atoms with Gasteiger partial charge in [0, 0.05) is 18.6 Å². The van der Waals surface area contributed by atoms with E-state index >= 15 is 0 Å². The molecule has 0 spiro atoms. The smallest absolute Gasteiger partial charge is 0.122 e. The van der Waals surface area contributed by atoms with Gasteiger partial charge in [-0.15, -0.1) is 0 Å². The molecule has 0 atom stereocenters. The average molecular weight is 262 g/mol. The van der Waals surface area contributed by atoms with Crippen LogP contribution in [0, 0.1) is 0 Å². The van der Waals surface area contributed by atoms with Crippen molar-refractivity contribution in [1.82, 2.24) is 10.2 Å². The molecular formula is C16H26N2O. The van der Waals surface area contributed by atoms with Gasteiger partial charge in [0.05, 0.1) is 7.11 Å². The van der Waals surface area contributed by atoms with Crippen molar-refractivity contribution in [3.05, 3.63) is 29.8 Å². The Kier molecular flexibility index (Phi) is 4.83. The molecule has 0 saturated carbocycles. The highest BCUT2D eigenvalue weighted by Gasteiger charge is 2.23. The Labute approximate surface area is 116 Å². The van der Waals surface area contributed by atoms with Crippen molar-refractivity contribution >= 4 is 0 Å². The molecule has 1 fully saturated rings. The topological polar surface area (TPSA) is 24.5 Å². The molecule has 1 heterocycles.